The number of benzene rings is 1. The number of nitro groups is 1. The summed E-state index contributed by atoms with van der Waals surface area (Å²) in [5.41, 5.74) is 0.0319. The number of nitrogens with one attached hydrogen (secondary N) is 2. The van der Waals surface area contributed by atoms with Crippen LogP contribution < -0.4 is 10.6 Å². The zero-order valence-electron chi connectivity index (χ0n) is 12.2. The number of nitrogens with zero attached hydrogens (tertiary/aromatic N) is 1. The fourth-order valence-electron chi connectivity index (χ4n) is 2.52. The van der Waals surface area contributed by atoms with Gasteiger partial charge in [-0.25, -0.2) is 0 Å². The summed E-state index contributed by atoms with van der Waals surface area (Å²) in [7, 11) is 0. The van der Waals surface area contributed by atoms with Gasteiger partial charge in [0.05, 0.1) is 4.92 Å². The van der Waals surface area contributed by atoms with Crippen LogP contribution >= 0.6 is 24.0 Å². The fraction of sp³-hybridized carbons (Fsp3) is 0.500. The number of carbonyl (C=O) groups is 1. The van der Waals surface area contributed by atoms with Crippen molar-refractivity contribution >= 4 is 35.6 Å². The molecule has 1 aliphatic heterocycles. The van der Waals surface area contributed by atoms with Crippen molar-refractivity contribution in [3.05, 3.63) is 38.9 Å². The molecule has 2 rings (SSSR count). The normalized spacial score (nSPS) is 18.9. The molecule has 0 radical (unpaired) electrons. The van der Waals surface area contributed by atoms with Crippen molar-refractivity contribution in [2.45, 2.75) is 25.8 Å². The number of nitro benzene ring substituents is 1. The minimum Gasteiger partial charge on any atom is -0.349 e. The van der Waals surface area contributed by atoms with Crippen LogP contribution in [0.15, 0.2) is 18.2 Å². The van der Waals surface area contributed by atoms with Gasteiger partial charge in [-0.2, -0.15) is 0 Å². The number of amides is 1. The average Bonchev–Trinajstić information content (AvgIpc) is 2.47. The molecule has 2 N–H and O–H groups in total. The van der Waals surface area contributed by atoms with Crippen molar-refractivity contribution < 1.29 is 9.72 Å². The zero-order chi connectivity index (χ0) is 15.4. The molecule has 2 unspecified atom stereocenters. The first-order chi connectivity index (χ1) is 9.97. The Kier molecular flexibility index (Phi) is 7.06. The fourth-order valence-corrected chi connectivity index (χ4v) is 2.75. The first-order valence-electron chi connectivity index (χ1n) is 6.94. The van der Waals surface area contributed by atoms with Crippen LogP contribution in [0.2, 0.25) is 5.02 Å². The average molecular weight is 348 g/mol. The molecule has 0 aliphatic carbocycles. The molecule has 22 heavy (non-hydrogen) atoms. The highest BCUT2D eigenvalue weighted by molar-refractivity contribution is 6.31. The second kappa shape index (κ2) is 8.31. The molecular formula is C14H19Cl2N3O3. The molecule has 0 bridgehead atoms. The standard InChI is InChI=1S/C14H18ClN3O3.ClH/c1-9(10-3-2-4-16-8-10)17-14(19)11-5-12(15)7-13(6-11)18(20)21;/h5-7,9-10,16H,2-4,8H2,1H3,(H,17,19);1H. The van der Waals surface area contributed by atoms with E-state index in [1.165, 1.54) is 18.2 Å². The highest BCUT2D eigenvalue weighted by Gasteiger charge is 2.22. The minimum absolute atomic E-state index is 0. The van der Waals surface area contributed by atoms with Gasteiger partial charge in [0.2, 0.25) is 0 Å². The lowest BCUT2D eigenvalue weighted by molar-refractivity contribution is -0.384. The van der Waals surface area contributed by atoms with Gasteiger partial charge >= 0.3 is 0 Å². The van der Waals surface area contributed by atoms with Crippen molar-refractivity contribution in [3.8, 4) is 0 Å². The van der Waals surface area contributed by atoms with Gasteiger partial charge in [-0.1, -0.05) is 11.6 Å². The predicted molar refractivity (Wildman–Crippen MR) is 87.9 cm³/mol. The number of piperidine rings is 1. The van der Waals surface area contributed by atoms with Crippen molar-refractivity contribution in [2.75, 3.05) is 13.1 Å². The maximum Gasteiger partial charge on any atom is 0.271 e. The molecule has 1 heterocycles. The van der Waals surface area contributed by atoms with Crippen molar-refractivity contribution in [3.63, 3.8) is 0 Å². The Balaban J connectivity index is 0.00000242. The third kappa shape index (κ3) is 4.83. The van der Waals surface area contributed by atoms with Crippen molar-refractivity contribution in [2.24, 2.45) is 5.92 Å². The lowest BCUT2D eigenvalue weighted by Crippen LogP contribution is -2.44. The molecular weight excluding hydrogens is 329 g/mol. The summed E-state index contributed by atoms with van der Waals surface area (Å²) in [6.07, 6.45) is 2.15. The monoisotopic (exact) mass is 347 g/mol. The van der Waals surface area contributed by atoms with Crippen LogP contribution in [0.5, 0.6) is 0 Å². The van der Waals surface area contributed by atoms with Crippen LogP contribution in [-0.4, -0.2) is 30.0 Å². The van der Waals surface area contributed by atoms with Gasteiger partial charge in [-0.05, 0) is 44.8 Å². The van der Waals surface area contributed by atoms with E-state index in [1.54, 1.807) is 0 Å². The van der Waals surface area contributed by atoms with Gasteiger partial charge < -0.3 is 10.6 Å². The lowest BCUT2D eigenvalue weighted by Gasteiger charge is -2.28. The van der Waals surface area contributed by atoms with E-state index in [2.05, 4.69) is 10.6 Å². The van der Waals surface area contributed by atoms with E-state index >= 15 is 0 Å². The van der Waals surface area contributed by atoms with Gasteiger partial charge in [0.1, 0.15) is 0 Å². The summed E-state index contributed by atoms with van der Waals surface area (Å²) in [6, 6.07) is 3.92. The summed E-state index contributed by atoms with van der Waals surface area (Å²) in [4.78, 5) is 22.5. The Morgan fingerprint density at radius 1 is 1.50 bits per heavy atom. The van der Waals surface area contributed by atoms with E-state index in [1.807, 2.05) is 6.92 Å². The maximum absolute atomic E-state index is 12.2. The van der Waals surface area contributed by atoms with Crippen LogP contribution in [0.1, 0.15) is 30.1 Å². The third-order valence-electron chi connectivity index (χ3n) is 3.76. The van der Waals surface area contributed by atoms with E-state index in [0.717, 1.165) is 25.9 Å². The predicted octanol–water partition coefficient (Wildman–Crippen LogP) is 2.79. The SMILES string of the molecule is CC(NC(=O)c1cc(Cl)cc([N+](=O)[O-])c1)C1CCCNC1.Cl. The van der Waals surface area contributed by atoms with Crippen LogP contribution in [0.4, 0.5) is 5.69 Å². The Hall–Kier alpha value is -1.37. The van der Waals surface area contributed by atoms with Crippen molar-refractivity contribution in [1.29, 1.82) is 0 Å². The Morgan fingerprint density at radius 2 is 2.23 bits per heavy atom. The molecule has 2 atom stereocenters. The number of hydrogen-bond donors (Lipinski definition) is 2. The molecule has 8 heteroatoms. The molecule has 0 aromatic heterocycles. The lowest BCUT2D eigenvalue weighted by atomic mass is 9.92. The summed E-state index contributed by atoms with van der Waals surface area (Å²) in [6.45, 7) is 3.84. The Bertz CT molecular complexity index is 548. The number of carbonyl (C=O) groups excluding carboxylic acids is 1. The molecule has 1 saturated heterocycles. The summed E-state index contributed by atoms with van der Waals surface area (Å²) >= 11 is 5.83. The summed E-state index contributed by atoms with van der Waals surface area (Å²) in [5.74, 6) is 0.0375. The number of halogens is 2. The quantitative estimate of drug-likeness (QED) is 0.647. The molecule has 1 aromatic carbocycles. The molecule has 1 fully saturated rings. The first kappa shape index (κ1) is 18.7. The molecule has 0 spiro atoms. The van der Waals surface area contributed by atoms with Gasteiger partial charge in [0, 0.05) is 28.8 Å². The highest BCUT2D eigenvalue weighted by Crippen LogP contribution is 2.21. The highest BCUT2D eigenvalue weighted by atomic mass is 35.5. The van der Waals surface area contributed by atoms with Gasteiger partial charge in [0.25, 0.3) is 11.6 Å². The topological polar surface area (TPSA) is 84.3 Å². The Labute approximate surface area is 140 Å². The third-order valence-corrected chi connectivity index (χ3v) is 3.97. The second-order valence-electron chi connectivity index (χ2n) is 5.32. The zero-order valence-corrected chi connectivity index (χ0v) is 13.7. The molecule has 0 saturated carbocycles. The van der Waals surface area contributed by atoms with E-state index in [9.17, 15) is 14.9 Å². The van der Waals surface area contributed by atoms with E-state index in [0.29, 0.717) is 5.92 Å². The van der Waals surface area contributed by atoms with Crippen LogP contribution in [-0.2, 0) is 0 Å². The molecule has 1 aliphatic rings. The first-order valence-corrected chi connectivity index (χ1v) is 7.31. The number of hydrogen-bond acceptors (Lipinski definition) is 4. The van der Waals surface area contributed by atoms with E-state index in [4.69, 9.17) is 11.6 Å². The van der Waals surface area contributed by atoms with Crippen molar-refractivity contribution in [1.82, 2.24) is 10.6 Å². The second-order valence-corrected chi connectivity index (χ2v) is 5.76. The summed E-state index contributed by atoms with van der Waals surface area (Å²) in [5, 5.41) is 17.2. The van der Waals surface area contributed by atoms with Crippen LogP contribution in [0.3, 0.4) is 0 Å². The largest absolute Gasteiger partial charge is 0.349 e. The minimum atomic E-state index is -0.558. The Morgan fingerprint density at radius 3 is 2.82 bits per heavy atom. The van der Waals surface area contributed by atoms with Gasteiger partial charge in [0.15, 0.2) is 0 Å². The number of rotatable bonds is 4. The van der Waals surface area contributed by atoms with Crippen LogP contribution in [0.25, 0.3) is 0 Å². The molecule has 1 amide bonds. The van der Waals surface area contributed by atoms with Crippen LogP contribution in [0, 0.1) is 16.0 Å². The number of non-ortho nitro benzene ring substituents is 1. The molecule has 1 aromatic rings. The molecule has 6 nitrogen and oxygen atoms in total. The van der Waals surface area contributed by atoms with E-state index in [-0.39, 0.29) is 40.6 Å². The van der Waals surface area contributed by atoms with E-state index < -0.39 is 4.92 Å². The molecule has 122 valence electrons. The maximum atomic E-state index is 12.2. The summed E-state index contributed by atoms with van der Waals surface area (Å²) < 4.78 is 0. The smallest absolute Gasteiger partial charge is 0.271 e. The van der Waals surface area contributed by atoms with Gasteiger partial charge in [-0.3, -0.25) is 14.9 Å². The van der Waals surface area contributed by atoms with Gasteiger partial charge in [-0.15, -0.1) is 12.4 Å².